The van der Waals surface area contributed by atoms with Gasteiger partial charge in [0, 0.05) is 12.8 Å². The quantitative estimate of drug-likeness (QED) is 0.0205. The minimum atomic E-state index is -4.46. The zero-order valence-electron chi connectivity index (χ0n) is 53.5. The molecule has 1 amide bonds. The molecule has 0 aromatic rings. The predicted molar refractivity (Wildman–Crippen MR) is 350 cm³/mol. The van der Waals surface area contributed by atoms with Crippen molar-refractivity contribution in [3.8, 4) is 0 Å². The Kier molecular flexibility index (Phi) is 57.8. The minimum Gasteiger partial charge on any atom is -0.456 e. The molecule has 0 saturated carbocycles. The van der Waals surface area contributed by atoms with Crippen molar-refractivity contribution in [2.45, 2.75) is 303 Å². The van der Waals surface area contributed by atoms with Gasteiger partial charge in [-0.1, -0.05) is 266 Å². The summed E-state index contributed by atoms with van der Waals surface area (Å²) >= 11 is 0. The highest BCUT2D eigenvalue weighted by Crippen LogP contribution is 2.43. The van der Waals surface area contributed by atoms with Crippen LogP contribution in [0.2, 0.25) is 0 Å². The van der Waals surface area contributed by atoms with E-state index in [0.29, 0.717) is 17.4 Å². The number of phosphoric acid groups is 1. The summed E-state index contributed by atoms with van der Waals surface area (Å²) in [7, 11) is 1.48. The third-order valence-electron chi connectivity index (χ3n) is 14.5. The Hall–Kier alpha value is -3.07. The molecule has 468 valence electrons. The summed E-state index contributed by atoms with van der Waals surface area (Å²) in [6, 6.07) is -0.860. The molecule has 0 aromatic heterocycles. The first-order chi connectivity index (χ1) is 39.4. The summed E-state index contributed by atoms with van der Waals surface area (Å²) in [5.41, 5.74) is 0. The molecule has 0 rings (SSSR count). The lowest BCUT2D eigenvalue weighted by Gasteiger charge is -2.27. The number of rotatable bonds is 60. The van der Waals surface area contributed by atoms with Gasteiger partial charge in [-0.3, -0.25) is 18.6 Å². The summed E-state index contributed by atoms with van der Waals surface area (Å²) in [5, 5.41) is 3.06. The fraction of sp³-hybridized carbons (Fsp3) is 0.746. The van der Waals surface area contributed by atoms with Crippen molar-refractivity contribution in [1.29, 1.82) is 0 Å². The Balaban J connectivity index is 5.15. The van der Waals surface area contributed by atoms with Crippen LogP contribution in [0.5, 0.6) is 0 Å². The molecule has 81 heavy (non-hydrogen) atoms. The second-order valence-electron chi connectivity index (χ2n) is 23.6. The fourth-order valence-electron chi connectivity index (χ4n) is 9.35. The average Bonchev–Trinajstić information content (AvgIpc) is 3.44. The number of likely N-dealkylation sites (N-methyl/N-ethyl adjacent to an activating group) is 1. The molecule has 2 N–H and O–H groups in total. The van der Waals surface area contributed by atoms with Crippen molar-refractivity contribution in [1.82, 2.24) is 5.32 Å². The second kappa shape index (κ2) is 60.1. The summed E-state index contributed by atoms with van der Waals surface area (Å²) in [4.78, 5) is 37.8. The van der Waals surface area contributed by atoms with E-state index in [-0.39, 0.29) is 31.5 Å². The smallest absolute Gasteiger partial charge is 0.456 e. The highest BCUT2D eigenvalue weighted by molar-refractivity contribution is 7.47. The average molecular weight is 1150 g/mol. The van der Waals surface area contributed by atoms with Crippen LogP contribution < -0.4 is 5.32 Å². The normalized spacial score (nSPS) is 14.2. The number of carbonyl (C=O) groups is 2. The lowest BCUT2D eigenvalue weighted by Crippen LogP contribution is -2.47. The molecular formula is C71H128N2O7P+. The van der Waals surface area contributed by atoms with Crippen molar-refractivity contribution >= 4 is 19.7 Å². The zero-order chi connectivity index (χ0) is 59.3. The summed E-state index contributed by atoms with van der Waals surface area (Å²) in [6.45, 7) is 6.89. The first-order valence-electron chi connectivity index (χ1n) is 33.6. The highest BCUT2D eigenvalue weighted by atomic mass is 31.2. The topological polar surface area (TPSA) is 111 Å². The molecule has 3 unspecified atom stereocenters. The molecule has 0 radical (unpaired) electrons. The van der Waals surface area contributed by atoms with Gasteiger partial charge in [0.05, 0.1) is 33.8 Å². The van der Waals surface area contributed by atoms with Gasteiger partial charge in [0.25, 0.3) is 0 Å². The van der Waals surface area contributed by atoms with Gasteiger partial charge in [-0.15, -0.1) is 0 Å². The van der Waals surface area contributed by atoms with Crippen molar-refractivity contribution in [3.63, 3.8) is 0 Å². The first-order valence-corrected chi connectivity index (χ1v) is 35.1. The van der Waals surface area contributed by atoms with Crippen molar-refractivity contribution in [2.24, 2.45) is 0 Å². The number of quaternary nitrogens is 1. The van der Waals surface area contributed by atoms with Gasteiger partial charge in [-0.05, 0) is 109 Å². The van der Waals surface area contributed by atoms with Crippen molar-refractivity contribution < 1.29 is 37.3 Å². The molecular weight excluding hydrogens is 1020 g/mol. The van der Waals surface area contributed by atoms with E-state index in [9.17, 15) is 19.0 Å². The van der Waals surface area contributed by atoms with E-state index in [1.807, 2.05) is 33.3 Å². The van der Waals surface area contributed by atoms with Crippen molar-refractivity contribution in [3.05, 3.63) is 97.2 Å². The van der Waals surface area contributed by atoms with Gasteiger partial charge >= 0.3 is 13.8 Å². The molecule has 0 fully saturated rings. The van der Waals surface area contributed by atoms with Crippen LogP contribution in [0.3, 0.4) is 0 Å². The lowest BCUT2D eigenvalue weighted by atomic mass is 10.0. The molecule has 9 nitrogen and oxygen atoms in total. The number of amides is 1. The maximum atomic E-state index is 13.6. The van der Waals surface area contributed by atoms with E-state index in [2.05, 4.69) is 111 Å². The number of nitrogens with zero attached hydrogens (tertiary/aromatic N) is 1. The summed E-state index contributed by atoms with van der Waals surface area (Å²) < 4.78 is 30.8. The Morgan fingerprint density at radius 1 is 0.444 bits per heavy atom. The van der Waals surface area contributed by atoms with Gasteiger partial charge in [0.2, 0.25) is 5.91 Å². The molecule has 0 heterocycles. The number of phosphoric ester groups is 1. The minimum absolute atomic E-state index is 0.0342. The van der Waals surface area contributed by atoms with E-state index in [1.54, 1.807) is 0 Å². The molecule has 0 aliphatic carbocycles. The number of allylic oxidation sites excluding steroid dienone is 15. The molecule has 10 heteroatoms. The van der Waals surface area contributed by atoms with Gasteiger partial charge < -0.3 is 19.4 Å². The SMILES string of the molecule is CC/C=C\C/C=C\C/C=C\C/C=C\C/C=C\C/C=C\CCCCCCCCCCC(=O)NC(COP(=O)(O)OCC[N+](C)(C)C)C(/C=C\CCCCCCCCCCCCC)OC(=O)CCCCCCCCC/C=C\CCCCCC. The molecule has 0 bridgehead atoms. The number of carbonyl (C=O) groups excluding carboxylic acids is 2. The van der Waals surface area contributed by atoms with E-state index in [1.165, 1.54) is 135 Å². The molecule has 3 atom stereocenters. The number of hydrogen-bond donors (Lipinski definition) is 2. The van der Waals surface area contributed by atoms with Crippen molar-refractivity contribution in [2.75, 3.05) is 40.9 Å². The van der Waals surface area contributed by atoms with Gasteiger partial charge in [-0.25, -0.2) is 4.57 Å². The Labute approximate surface area is 500 Å². The van der Waals surface area contributed by atoms with E-state index in [0.717, 1.165) is 122 Å². The number of hydrogen-bond acceptors (Lipinski definition) is 6. The number of unbranched alkanes of at least 4 members (excludes halogenated alkanes) is 30. The van der Waals surface area contributed by atoms with E-state index < -0.39 is 20.0 Å². The molecule has 0 aromatic carbocycles. The lowest BCUT2D eigenvalue weighted by molar-refractivity contribution is -0.870. The third kappa shape index (κ3) is 61.3. The zero-order valence-corrected chi connectivity index (χ0v) is 54.4. The maximum Gasteiger partial charge on any atom is 0.472 e. The van der Waals surface area contributed by atoms with Crippen LogP contribution in [0.15, 0.2) is 97.2 Å². The number of nitrogens with one attached hydrogen (secondary N) is 1. The summed E-state index contributed by atoms with van der Waals surface area (Å²) in [6.07, 6.45) is 81.2. The van der Waals surface area contributed by atoms with Crippen LogP contribution in [0.1, 0.15) is 290 Å². The third-order valence-corrected chi connectivity index (χ3v) is 15.5. The molecule has 0 aliphatic heterocycles. The second-order valence-corrected chi connectivity index (χ2v) is 25.1. The molecule has 0 saturated heterocycles. The standard InChI is InChI=1S/C71H127N2O7P/c1-7-10-13-16-19-22-25-28-30-31-32-33-34-35-36-37-38-39-40-41-43-45-48-51-54-57-60-63-70(74)72-68(67-79-81(76,77)78-66-65-73(4,5)6)69(62-59-56-53-50-47-44-27-24-21-18-15-12-9-3)80-71(75)64-61-58-55-52-49-46-42-29-26-23-20-17-14-11-8-2/h10,13,19,22-23,26,28,30,32-33,35-36,38-39,59,62,68-69H,7-9,11-12,14-18,20-21,24-25,27,29,31,34,37,40-58,60-61,63-67H2,1-6H3,(H-,72,74,76,77)/p+1/b13-10-,22-19-,26-23-,30-28-,33-32-,36-35-,39-38-,62-59-. The van der Waals surface area contributed by atoms with Crippen LogP contribution in [0, 0.1) is 0 Å². The number of esters is 1. The van der Waals surface area contributed by atoms with Crippen LogP contribution in [-0.2, 0) is 27.9 Å². The predicted octanol–water partition coefficient (Wildman–Crippen LogP) is 21.1. The van der Waals surface area contributed by atoms with Gasteiger partial charge in [0.15, 0.2) is 0 Å². The Bertz CT molecular complexity index is 1710. The van der Waals surface area contributed by atoms with Crippen LogP contribution >= 0.6 is 7.82 Å². The molecule has 0 spiro atoms. The van der Waals surface area contributed by atoms with E-state index in [4.69, 9.17) is 13.8 Å². The largest absolute Gasteiger partial charge is 0.472 e. The fourth-order valence-corrected chi connectivity index (χ4v) is 10.1. The van der Waals surface area contributed by atoms with Gasteiger partial charge in [0.1, 0.15) is 19.3 Å². The first kappa shape index (κ1) is 77.9. The Morgan fingerprint density at radius 2 is 0.790 bits per heavy atom. The highest BCUT2D eigenvalue weighted by Gasteiger charge is 2.30. The monoisotopic (exact) mass is 1150 g/mol. The Morgan fingerprint density at radius 3 is 1.21 bits per heavy atom. The van der Waals surface area contributed by atoms with Crippen LogP contribution in [-0.4, -0.2) is 74.3 Å². The summed E-state index contributed by atoms with van der Waals surface area (Å²) in [5.74, 6) is -0.518. The maximum absolute atomic E-state index is 13.6. The van der Waals surface area contributed by atoms with E-state index >= 15 is 0 Å². The van der Waals surface area contributed by atoms with Gasteiger partial charge in [-0.2, -0.15) is 0 Å². The molecule has 0 aliphatic rings. The van der Waals surface area contributed by atoms with Crippen LogP contribution in [0.25, 0.3) is 0 Å². The van der Waals surface area contributed by atoms with Crippen LogP contribution in [0.4, 0.5) is 0 Å². The number of ether oxygens (including phenoxy) is 1.